The Morgan fingerprint density at radius 1 is 1.35 bits per heavy atom. The fourth-order valence-electron chi connectivity index (χ4n) is 2.53. The number of Topliss-reactive ketones (excluding diaryl/α,β-unsaturated/α-hetero) is 1. The van der Waals surface area contributed by atoms with Crippen molar-refractivity contribution in [2.75, 3.05) is 0 Å². The maximum Gasteiger partial charge on any atom is 0.173 e. The summed E-state index contributed by atoms with van der Waals surface area (Å²) in [6.07, 6.45) is 8.44. The van der Waals surface area contributed by atoms with Crippen LogP contribution in [0.15, 0.2) is 6.07 Å². The number of ketones is 1. The Hall–Kier alpha value is -0.340. The number of halogens is 1. The molecule has 1 aromatic rings. The first-order valence-electron chi connectivity index (χ1n) is 6.46. The van der Waals surface area contributed by atoms with E-state index in [0.717, 1.165) is 21.2 Å². The number of thiophene rings is 1. The summed E-state index contributed by atoms with van der Waals surface area (Å²) in [6.45, 7) is 1.96. The Morgan fingerprint density at radius 3 is 2.53 bits per heavy atom. The molecule has 17 heavy (non-hydrogen) atoms. The summed E-state index contributed by atoms with van der Waals surface area (Å²) in [4.78, 5) is 13.0. The molecule has 2 rings (SSSR count). The molecule has 1 heterocycles. The van der Waals surface area contributed by atoms with Crippen molar-refractivity contribution >= 4 is 28.7 Å². The van der Waals surface area contributed by atoms with E-state index in [1.165, 1.54) is 49.9 Å². The quantitative estimate of drug-likeness (QED) is 0.541. The second-order valence-corrected chi connectivity index (χ2v) is 6.71. The summed E-state index contributed by atoms with van der Waals surface area (Å²) >= 11 is 7.44. The summed E-state index contributed by atoms with van der Waals surface area (Å²) < 4.78 is 0.759. The minimum Gasteiger partial charge on any atom is -0.293 e. The number of carbonyl (C=O) groups is 1. The van der Waals surface area contributed by atoms with Crippen LogP contribution in [0.4, 0.5) is 0 Å². The van der Waals surface area contributed by atoms with Gasteiger partial charge < -0.3 is 0 Å². The molecule has 0 saturated heterocycles. The van der Waals surface area contributed by atoms with Crippen molar-refractivity contribution in [3.8, 4) is 0 Å². The Balaban J connectivity index is 1.95. The van der Waals surface area contributed by atoms with Crippen LogP contribution in [0.5, 0.6) is 0 Å². The number of hydrogen-bond acceptors (Lipinski definition) is 2. The summed E-state index contributed by atoms with van der Waals surface area (Å²) in [5, 5.41) is 0. The lowest BCUT2D eigenvalue weighted by atomic mass is 9.94. The second-order valence-electron chi connectivity index (χ2n) is 5.05. The van der Waals surface area contributed by atoms with E-state index in [2.05, 4.69) is 0 Å². The van der Waals surface area contributed by atoms with Gasteiger partial charge in [-0.3, -0.25) is 4.79 Å². The Morgan fingerprint density at radius 2 is 2.00 bits per heavy atom. The first-order chi connectivity index (χ1) is 8.16. The van der Waals surface area contributed by atoms with E-state index in [-0.39, 0.29) is 5.78 Å². The van der Waals surface area contributed by atoms with Gasteiger partial charge in [0.05, 0.1) is 9.21 Å². The molecule has 0 spiro atoms. The van der Waals surface area contributed by atoms with Crippen molar-refractivity contribution in [3.05, 3.63) is 20.8 Å². The highest BCUT2D eigenvalue weighted by atomic mass is 35.5. The van der Waals surface area contributed by atoms with Crippen molar-refractivity contribution in [1.82, 2.24) is 0 Å². The first kappa shape index (κ1) is 13.1. The van der Waals surface area contributed by atoms with E-state index >= 15 is 0 Å². The highest BCUT2D eigenvalue weighted by molar-refractivity contribution is 7.18. The van der Waals surface area contributed by atoms with Crippen molar-refractivity contribution in [2.45, 2.75) is 51.9 Å². The minimum atomic E-state index is 0.289. The molecule has 94 valence electrons. The van der Waals surface area contributed by atoms with Gasteiger partial charge >= 0.3 is 0 Å². The number of carbonyl (C=O) groups excluding carboxylic acids is 1. The zero-order valence-electron chi connectivity index (χ0n) is 10.3. The lowest BCUT2D eigenvalue weighted by Gasteiger charge is -2.11. The molecule has 1 saturated carbocycles. The average Bonchev–Trinajstić information content (AvgIpc) is 2.54. The van der Waals surface area contributed by atoms with Crippen molar-refractivity contribution in [2.24, 2.45) is 5.92 Å². The third-order valence-corrected chi connectivity index (χ3v) is 5.18. The van der Waals surface area contributed by atoms with Gasteiger partial charge in [-0.05, 0) is 24.5 Å². The van der Waals surface area contributed by atoms with Gasteiger partial charge in [0.1, 0.15) is 0 Å². The zero-order valence-corrected chi connectivity index (χ0v) is 11.9. The van der Waals surface area contributed by atoms with Crippen LogP contribution >= 0.6 is 22.9 Å². The fraction of sp³-hybridized carbons (Fsp3) is 0.643. The standard InChI is InChI=1S/C14H19ClOS/c1-10-8-13(17-14(10)15)12(16)9-11-6-4-2-3-5-7-11/h8,11H,2-7,9H2,1H3. The molecule has 0 radical (unpaired) electrons. The second kappa shape index (κ2) is 6.01. The minimum absolute atomic E-state index is 0.289. The van der Waals surface area contributed by atoms with E-state index in [0.29, 0.717) is 5.92 Å². The van der Waals surface area contributed by atoms with E-state index < -0.39 is 0 Å². The van der Waals surface area contributed by atoms with Crippen LogP contribution in [-0.2, 0) is 0 Å². The largest absolute Gasteiger partial charge is 0.293 e. The fourth-order valence-corrected chi connectivity index (χ4v) is 3.68. The maximum atomic E-state index is 12.1. The van der Waals surface area contributed by atoms with Crippen LogP contribution < -0.4 is 0 Å². The molecular weight excluding hydrogens is 252 g/mol. The van der Waals surface area contributed by atoms with E-state index in [4.69, 9.17) is 11.6 Å². The summed E-state index contributed by atoms with van der Waals surface area (Å²) in [5.41, 5.74) is 1.03. The number of aryl methyl sites for hydroxylation is 1. The predicted molar refractivity (Wildman–Crippen MR) is 74.2 cm³/mol. The van der Waals surface area contributed by atoms with Gasteiger partial charge in [0, 0.05) is 6.42 Å². The summed E-state index contributed by atoms with van der Waals surface area (Å²) in [7, 11) is 0. The Bertz CT molecular complexity index is 369. The van der Waals surface area contributed by atoms with Gasteiger partial charge in [0.25, 0.3) is 0 Å². The van der Waals surface area contributed by atoms with E-state index in [1.54, 1.807) is 0 Å². The Kier molecular flexibility index (Phi) is 4.63. The van der Waals surface area contributed by atoms with E-state index in [9.17, 15) is 4.79 Å². The summed E-state index contributed by atoms with van der Waals surface area (Å²) in [6, 6.07) is 1.94. The molecule has 0 bridgehead atoms. The van der Waals surface area contributed by atoms with Crippen molar-refractivity contribution in [1.29, 1.82) is 0 Å². The van der Waals surface area contributed by atoms with Gasteiger partial charge in [-0.25, -0.2) is 0 Å². The third-order valence-electron chi connectivity index (χ3n) is 3.58. The SMILES string of the molecule is Cc1cc(C(=O)CC2CCCCCC2)sc1Cl. The third kappa shape index (κ3) is 3.56. The van der Waals surface area contributed by atoms with Crippen molar-refractivity contribution in [3.63, 3.8) is 0 Å². The molecule has 1 aliphatic carbocycles. The molecule has 0 aliphatic heterocycles. The first-order valence-corrected chi connectivity index (χ1v) is 7.65. The summed E-state index contributed by atoms with van der Waals surface area (Å²) in [5.74, 6) is 0.892. The molecule has 1 aliphatic rings. The van der Waals surface area contributed by atoms with Crippen LogP contribution in [-0.4, -0.2) is 5.78 Å². The van der Waals surface area contributed by atoms with Crippen molar-refractivity contribution < 1.29 is 4.79 Å². The van der Waals surface area contributed by atoms with Crippen LogP contribution in [0.2, 0.25) is 4.34 Å². The molecule has 1 nitrogen and oxygen atoms in total. The van der Waals surface area contributed by atoms with Gasteiger partial charge in [-0.2, -0.15) is 0 Å². The molecule has 3 heteroatoms. The monoisotopic (exact) mass is 270 g/mol. The molecule has 0 N–H and O–H groups in total. The van der Waals surface area contributed by atoms with Crippen LogP contribution in [0, 0.1) is 12.8 Å². The highest BCUT2D eigenvalue weighted by Crippen LogP contribution is 2.31. The van der Waals surface area contributed by atoms with Gasteiger partial charge in [-0.1, -0.05) is 50.1 Å². The molecule has 1 fully saturated rings. The molecule has 0 atom stereocenters. The van der Waals surface area contributed by atoms with Crippen LogP contribution in [0.25, 0.3) is 0 Å². The molecule has 0 unspecified atom stereocenters. The van der Waals surface area contributed by atoms with Gasteiger partial charge in [0.15, 0.2) is 5.78 Å². The maximum absolute atomic E-state index is 12.1. The lowest BCUT2D eigenvalue weighted by Crippen LogP contribution is -2.07. The zero-order chi connectivity index (χ0) is 12.3. The number of rotatable bonds is 3. The molecule has 1 aromatic heterocycles. The molecule has 0 amide bonds. The highest BCUT2D eigenvalue weighted by Gasteiger charge is 2.18. The molecule has 0 aromatic carbocycles. The van der Waals surface area contributed by atoms with Crippen LogP contribution in [0.3, 0.4) is 0 Å². The number of hydrogen-bond donors (Lipinski definition) is 0. The normalized spacial score (nSPS) is 18.0. The van der Waals surface area contributed by atoms with Gasteiger partial charge in [0.2, 0.25) is 0 Å². The average molecular weight is 271 g/mol. The van der Waals surface area contributed by atoms with E-state index in [1.807, 2.05) is 13.0 Å². The topological polar surface area (TPSA) is 17.1 Å². The predicted octanol–water partition coefficient (Wildman–Crippen LogP) is 5.25. The smallest absolute Gasteiger partial charge is 0.173 e. The lowest BCUT2D eigenvalue weighted by molar-refractivity contribution is 0.0961. The Labute approximate surface area is 112 Å². The molecular formula is C14H19ClOS. The van der Waals surface area contributed by atoms with Gasteiger partial charge in [-0.15, -0.1) is 11.3 Å². The van der Waals surface area contributed by atoms with Crippen LogP contribution in [0.1, 0.15) is 60.2 Å².